The Morgan fingerprint density at radius 2 is 0.755 bits per heavy atom. The van der Waals surface area contributed by atoms with Gasteiger partial charge in [-0.25, -0.2) is 0 Å². The fourth-order valence-electron chi connectivity index (χ4n) is 14.5. The fourth-order valence-corrected chi connectivity index (χ4v) is 14.5. The third-order valence-corrected chi connectivity index (χ3v) is 22.9. The molecule has 800 valence electrons. The van der Waals surface area contributed by atoms with Gasteiger partial charge in [0.2, 0.25) is 11.8 Å². The Labute approximate surface area is 874 Å². The summed E-state index contributed by atoms with van der Waals surface area (Å²) in [6.07, 6.45) is 6.09. The number of nitrogens with one attached hydrogen (secondary N) is 6. The SMILES string of the molecule is CC(C)(C)CNC(=O)COc1ccc2c(c1)CCc1ccccc1C2N.CC(C)(C)CNC(=O)c1ccc(C(O)(c2ccccc2)c2ccccc2)cc1.CCc1ccc(OCC(=O)NCC(C)(C)C)cc1.COc1cc(OCCCC(=O)NCC(C)(C)C)ccc1CO.COc1cc(OCCCCC(=O)NCC(C)(C)C)cc(OC)c1CN.COc1ccc(C(N)c2ccc(OCC(=O)NCC(C)(C)C)cc2)c(OC)c1. The molecule has 0 fully saturated rings. The van der Waals surface area contributed by atoms with Gasteiger partial charge in [0.25, 0.3) is 23.6 Å². The molecule has 1 aliphatic carbocycles. The number of ether oxygens (including phenoxy) is 10. The number of carbonyl (C=O) groups is 6. The number of hydrogen-bond acceptors (Lipinski definition) is 21. The summed E-state index contributed by atoms with van der Waals surface area (Å²) in [5.41, 5.74) is 30.0. The Bertz CT molecular complexity index is 5600. The predicted octanol–water partition coefficient (Wildman–Crippen LogP) is 19.6. The molecule has 0 bridgehead atoms. The number of fused-ring (bicyclic) bond motifs is 2. The van der Waals surface area contributed by atoms with Gasteiger partial charge in [0.05, 0.1) is 67.5 Å². The fraction of sp³-hybridized carbons (Fsp3) is 0.450. The van der Waals surface area contributed by atoms with Crippen molar-refractivity contribution in [1.29, 1.82) is 0 Å². The topological polar surface area (TPSA) is 385 Å². The molecule has 10 aromatic carbocycles. The first kappa shape index (κ1) is 123. The first-order valence-corrected chi connectivity index (χ1v) is 50.5. The molecule has 0 saturated heterocycles. The molecule has 1 aliphatic rings. The van der Waals surface area contributed by atoms with Crippen molar-refractivity contribution in [2.45, 2.75) is 214 Å². The monoisotopic (exact) mass is 2020 g/mol. The van der Waals surface area contributed by atoms with E-state index in [2.05, 4.69) is 182 Å². The summed E-state index contributed by atoms with van der Waals surface area (Å²) < 4.78 is 54.6. The van der Waals surface area contributed by atoms with Gasteiger partial charge in [-0.05, 0) is 194 Å². The lowest BCUT2D eigenvalue weighted by molar-refractivity contribution is -0.124. The van der Waals surface area contributed by atoms with Crippen LogP contribution in [0.5, 0.6) is 57.5 Å². The molecule has 6 amide bonds. The number of amides is 6. The number of aryl methyl sites for hydroxylation is 3. The zero-order valence-electron chi connectivity index (χ0n) is 91.5. The van der Waals surface area contributed by atoms with Crippen LogP contribution in [0.4, 0.5) is 0 Å². The molecule has 0 aliphatic heterocycles. The van der Waals surface area contributed by atoms with E-state index >= 15 is 0 Å². The van der Waals surface area contributed by atoms with Crippen molar-refractivity contribution >= 4 is 35.4 Å². The molecule has 10 aromatic rings. The third-order valence-electron chi connectivity index (χ3n) is 22.9. The van der Waals surface area contributed by atoms with Crippen molar-refractivity contribution in [1.82, 2.24) is 31.9 Å². The number of benzene rings is 10. The molecule has 147 heavy (non-hydrogen) atoms. The molecule has 11 rings (SSSR count). The van der Waals surface area contributed by atoms with E-state index in [9.17, 15) is 33.9 Å². The number of nitrogens with two attached hydrogens (primary N) is 3. The van der Waals surface area contributed by atoms with Crippen molar-refractivity contribution in [3.05, 3.63) is 297 Å². The van der Waals surface area contributed by atoms with Gasteiger partial charge in [0.15, 0.2) is 19.8 Å². The number of aliphatic hydroxyl groups excluding tert-OH is 1. The first-order chi connectivity index (χ1) is 69.4. The first-order valence-electron chi connectivity index (χ1n) is 50.5. The van der Waals surface area contributed by atoms with Gasteiger partial charge in [-0.3, -0.25) is 28.8 Å². The average molecular weight is 2020 g/mol. The normalized spacial score (nSPS) is 12.4. The van der Waals surface area contributed by atoms with Crippen LogP contribution in [0.15, 0.2) is 224 Å². The number of carbonyl (C=O) groups excluding carboxylic acids is 6. The van der Waals surface area contributed by atoms with Gasteiger partial charge >= 0.3 is 0 Å². The summed E-state index contributed by atoms with van der Waals surface area (Å²) in [5.74, 6) is 6.40. The maximum atomic E-state index is 12.4. The van der Waals surface area contributed by atoms with E-state index in [0.717, 1.165) is 82.4 Å². The molecule has 0 saturated carbocycles. The van der Waals surface area contributed by atoms with Crippen LogP contribution in [0.25, 0.3) is 0 Å². The molecule has 0 radical (unpaired) electrons. The van der Waals surface area contributed by atoms with Gasteiger partial charge in [0.1, 0.15) is 63.1 Å². The van der Waals surface area contributed by atoms with Crippen LogP contribution in [0.2, 0.25) is 0 Å². The van der Waals surface area contributed by atoms with Crippen molar-refractivity contribution in [2.24, 2.45) is 49.7 Å². The highest BCUT2D eigenvalue weighted by Crippen LogP contribution is 2.40. The molecule has 14 N–H and O–H groups in total. The van der Waals surface area contributed by atoms with E-state index in [4.69, 9.17) is 69.7 Å². The number of unbranched alkanes of at least 4 members (excludes halogenated alkanes) is 1. The highest BCUT2D eigenvalue weighted by Gasteiger charge is 2.34. The minimum Gasteiger partial charge on any atom is -0.497 e. The molecule has 27 nitrogen and oxygen atoms in total. The molecular weight excluding hydrogens is 1860 g/mol. The van der Waals surface area contributed by atoms with Gasteiger partial charge < -0.3 is 107 Å². The third kappa shape index (κ3) is 45.4. The standard InChI is InChI=1S/C25H27NO2.C22H30N2O4.C22H28N2O2.C19H32N2O4.C17H27NO4.C15H23NO2/c1-24(2,3)18-26-23(27)19-14-16-22(17-15-19)25(28,20-10-6-4-7-11-20)21-12-8-5-9-13-21;1-22(2,3)14-24-20(25)13-28-16-8-6-15(7-9-16)21(23)18-11-10-17(26-4)12-19(18)27-5;1-22(2,3)14-24-20(25)13-26-17-10-11-19-16(12-17)9-8-15-6-4-5-7-18(15)21(19)23;1-19(2,3)13-21-18(22)8-6-7-9-25-14-10-16(23-4)15(12-20)17(11-14)24-5;1-17(2,3)12-18-16(20)6-5-9-22-14-8-7-13(11-19)15(10-14)21-4;1-5-12-6-8-13(9-7-12)18-10-14(17)16-11-15(2,3)4/h4-17,28H,18H2,1-3H3,(H,26,27);6-12,21H,13-14,23H2,1-5H3,(H,24,25);4-7,10-12,21H,8-9,13-14,23H2,1-3H3,(H,24,25);10-11H,6-9,12-13,20H2,1-5H3,(H,21,22);7-8,10,19H,5-6,9,11-12H2,1-4H3,(H,18,20);6-9H,5,10-11H2,1-4H3,(H,16,17). The molecule has 0 spiro atoms. The maximum absolute atomic E-state index is 12.4. The quantitative estimate of drug-likeness (QED) is 0.0125. The number of hydrogen-bond donors (Lipinski definition) is 11. The van der Waals surface area contributed by atoms with Crippen LogP contribution >= 0.6 is 0 Å². The van der Waals surface area contributed by atoms with E-state index in [0.29, 0.717) is 136 Å². The Morgan fingerprint density at radius 1 is 0.374 bits per heavy atom. The van der Waals surface area contributed by atoms with Crippen LogP contribution in [0.3, 0.4) is 0 Å². The summed E-state index contributed by atoms with van der Waals surface area (Å²) in [4.78, 5) is 71.2. The largest absolute Gasteiger partial charge is 0.497 e. The van der Waals surface area contributed by atoms with Gasteiger partial charge in [0, 0.05) is 105 Å². The minimum absolute atomic E-state index is 0.0201. The van der Waals surface area contributed by atoms with Crippen LogP contribution in [0, 0.1) is 32.5 Å². The van der Waals surface area contributed by atoms with Crippen LogP contribution < -0.4 is 96.5 Å². The van der Waals surface area contributed by atoms with E-state index in [1.54, 1.807) is 78.0 Å². The van der Waals surface area contributed by atoms with E-state index in [-0.39, 0.29) is 106 Å². The van der Waals surface area contributed by atoms with E-state index in [1.807, 2.05) is 164 Å². The average Bonchev–Trinajstić information content (AvgIpc) is 1.06. The molecule has 0 heterocycles. The van der Waals surface area contributed by atoms with E-state index in [1.165, 1.54) is 22.3 Å². The smallest absolute Gasteiger partial charge is 0.257 e. The van der Waals surface area contributed by atoms with Crippen LogP contribution in [-0.4, -0.2) is 154 Å². The summed E-state index contributed by atoms with van der Waals surface area (Å²) in [7, 11) is 7.95. The van der Waals surface area contributed by atoms with Crippen molar-refractivity contribution < 1.29 is 86.3 Å². The minimum atomic E-state index is -1.29. The Kier molecular flexibility index (Phi) is 50.2. The second kappa shape index (κ2) is 60.2. The van der Waals surface area contributed by atoms with E-state index < -0.39 is 5.60 Å². The number of aliphatic hydroxyl groups is 2. The highest BCUT2D eigenvalue weighted by molar-refractivity contribution is 5.94. The Morgan fingerprint density at radius 3 is 1.22 bits per heavy atom. The Hall–Kier alpha value is -13.2. The molecule has 27 heteroatoms. The Balaban J connectivity index is 0.000000271. The van der Waals surface area contributed by atoms with Crippen LogP contribution in [0.1, 0.15) is 253 Å². The molecule has 2 atom stereocenters. The summed E-state index contributed by atoms with van der Waals surface area (Å²) >= 11 is 0. The molecule has 2 unspecified atom stereocenters. The zero-order valence-corrected chi connectivity index (χ0v) is 91.5. The maximum Gasteiger partial charge on any atom is 0.257 e. The lowest BCUT2D eigenvalue weighted by Crippen LogP contribution is -2.35. The van der Waals surface area contributed by atoms with Gasteiger partial charge in [-0.15, -0.1) is 0 Å². The lowest BCUT2D eigenvalue weighted by atomic mass is 9.80. The highest BCUT2D eigenvalue weighted by atomic mass is 16.5. The number of methoxy groups -OCH3 is 5. The van der Waals surface area contributed by atoms with Crippen molar-refractivity contribution in [3.8, 4) is 57.5 Å². The van der Waals surface area contributed by atoms with Crippen molar-refractivity contribution in [3.63, 3.8) is 0 Å². The lowest BCUT2D eigenvalue weighted by Gasteiger charge is -2.30. The van der Waals surface area contributed by atoms with Crippen LogP contribution in [-0.2, 0) is 62.0 Å². The van der Waals surface area contributed by atoms with Gasteiger partial charge in [-0.1, -0.05) is 259 Å². The zero-order chi connectivity index (χ0) is 109. The predicted molar refractivity (Wildman–Crippen MR) is 587 cm³/mol. The summed E-state index contributed by atoms with van der Waals surface area (Å²) in [6.45, 7) is 44.8. The van der Waals surface area contributed by atoms with Gasteiger partial charge in [-0.2, -0.15) is 0 Å². The summed E-state index contributed by atoms with van der Waals surface area (Å²) in [6, 6.07) is 69.9. The second-order valence-electron chi connectivity index (χ2n) is 43.4. The molecule has 0 aromatic heterocycles. The second-order valence-corrected chi connectivity index (χ2v) is 43.4. The molecular formula is C120H167N9O18. The summed E-state index contributed by atoms with van der Waals surface area (Å²) in [5, 5.41) is 38.4. The number of rotatable bonds is 40. The van der Waals surface area contributed by atoms with Crippen molar-refractivity contribution in [2.75, 3.05) is 108 Å².